The fourth-order valence-corrected chi connectivity index (χ4v) is 2.57. The van der Waals surface area contributed by atoms with Crippen molar-refractivity contribution in [1.82, 2.24) is 10.2 Å². The van der Waals surface area contributed by atoms with Crippen LogP contribution in [0.3, 0.4) is 0 Å². The van der Waals surface area contributed by atoms with Gasteiger partial charge in [-0.25, -0.2) is 0 Å². The molecule has 0 aliphatic heterocycles. The maximum absolute atomic E-state index is 12.4. The lowest BCUT2D eigenvalue weighted by Crippen LogP contribution is -2.50. The summed E-state index contributed by atoms with van der Waals surface area (Å²) in [6, 6.07) is 5.50. The third-order valence-corrected chi connectivity index (χ3v) is 3.98. The van der Waals surface area contributed by atoms with Crippen molar-refractivity contribution in [2.24, 2.45) is 5.41 Å². The second-order valence-electron chi connectivity index (χ2n) is 8.48. The molecule has 0 aliphatic carbocycles. The Bertz CT molecular complexity index is 551. The minimum Gasteiger partial charge on any atom is -0.507 e. The third-order valence-electron chi connectivity index (χ3n) is 3.98. The van der Waals surface area contributed by atoms with Gasteiger partial charge in [0.15, 0.2) is 0 Å². The van der Waals surface area contributed by atoms with E-state index < -0.39 is 0 Å². The third kappa shape index (κ3) is 4.96. The van der Waals surface area contributed by atoms with E-state index in [9.17, 15) is 9.90 Å². The van der Waals surface area contributed by atoms with Crippen molar-refractivity contribution in [3.05, 3.63) is 29.3 Å². The summed E-state index contributed by atoms with van der Waals surface area (Å²) in [7, 11) is 3.53. The van der Waals surface area contributed by atoms with E-state index in [1.807, 2.05) is 39.0 Å². The first-order valence-corrected chi connectivity index (χ1v) is 8.11. The molecule has 0 heterocycles. The number of phenolic OH excluding ortho intramolecular Hbond substituents is 1. The van der Waals surface area contributed by atoms with Gasteiger partial charge in [0.05, 0.1) is 6.04 Å². The zero-order valence-electron chi connectivity index (χ0n) is 15.8. The Morgan fingerprint density at radius 3 is 2.17 bits per heavy atom. The molecule has 1 aromatic rings. The predicted octanol–water partition coefficient (Wildman–Crippen LogP) is 3.28. The summed E-state index contributed by atoms with van der Waals surface area (Å²) in [5.41, 5.74) is 1.41. The van der Waals surface area contributed by atoms with Gasteiger partial charge in [0, 0.05) is 26.2 Å². The van der Waals surface area contributed by atoms with E-state index in [1.54, 1.807) is 19.0 Å². The summed E-state index contributed by atoms with van der Waals surface area (Å²) in [6.07, 6.45) is 0. The van der Waals surface area contributed by atoms with Crippen molar-refractivity contribution in [3.8, 4) is 5.75 Å². The van der Waals surface area contributed by atoms with Gasteiger partial charge in [0.2, 0.25) is 5.91 Å². The number of para-hydroxylation sites is 1. The number of nitrogens with one attached hydrogen (secondary N) is 1. The van der Waals surface area contributed by atoms with Gasteiger partial charge >= 0.3 is 0 Å². The van der Waals surface area contributed by atoms with E-state index in [-0.39, 0.29) is 22.8 Å². The summed E-state index contributed by atoms with van der Waals surface area (Å²) in [5.74, 6) is 0.362. The summed E-state index contributed by atoms with van der Waals surface area (Å²) in [5, 5.41) is 13.9. The average molecular weight is 320 g/mol. The normalized spacial score (nSPS) is 13.7. The van der Waals surface area contributed by atoms with Gasteiger partial charge in [-0.2, -0.15) is 0 Å². The Hall–Kier alpha value is -1.55. The van der Waals surface area contributed by atoms with Crippen LogP contribution < -0.4 is 5.32 Å². The SMILES string of the molecule is CN(C)C(=O)[C@@H](NCc1cccc(C(C)(C)C)c1O)C(C)(C)C. The molecule has 0 radical (unpaired) electrons. The number of nitrogens with zero attached hydrogens (tertiary/aromatic N) is 1. The number of amides is 1. The van der Waals surface area contributed by atoms with E-state index >= 15 is 0 Å². The van der Waals surface area contributed by atoms with Gasteiger partial charge in [0.1, 0.15) is 5.75 Å². The van der Waals surface area contributed by atoms with Crippen LogP contribution in [0.2, 0.25) is 0 Å². The molecule has 0 aliphatic rings. The molecular formula is C19H32N2O2. The molecule has 130 valence electrons. The van der Waals surface area contributed by atoms with Crippen LogP contribution in [0.25, 0.3) is 0 Å². The molecule has 2 N–H and O–H groups in total. The highest BCUT2D eigenvalue weighted by Crippen LogP contribution is 2.33. The van der Waals surface area contributed by atoms with Crippen molar-refractivity contribution in [2.75, 3.05) is 14.1 Å². The number of likely N-dealkylation sites (N-methyl/N-ethyl adjacent to an activating group) is 1. The Morgan fingerprint density at radius 1 is 1.17 bits per heavy atom. The molecule has 0 unspecified atom stereocenters. The number of benzene rings is 1. The van der Waals surface area contributed by atoms with Crippen LogP contribution in [0.1, 0.15) is 52.7 Å². The fourth-order valence-electron chi connectivity index (χ4n) is 2.57. The maximum atomic E-state index is 12.4. The fraction of sp³-hybridized carbons (Fsp3) is 0.632. The largest absolute Gasteiger partial charge is 0.507 e. The van der Waals surface area contributed by atoms with Gasteiger partial charge in [-0.05, 0) is 16.4 Å². The zero-order valence-corrected chi connectivity index (χ0v) is 15.8. The predicted molar refractivity (Wildman–Crippen MR) is 95.6 cm³/mol. The Morgan fingerprint density at radius 2 is 1.74 bits per heavy atom. The number of hydrogen-bond acceptors (Lipinski definition) is 3. The molecule has 1 aromatic carbocycles. The van der Waals surface area contributed by atoms with Crippen LogP contribution in [-0.4, -0.2) is 36.1 Å². The number of phenols is 1. The first-order valence-electron chi connectivity index (χ1n) is 8.11. The van der Waals surface area contributed by atoms with Crippen molar-refractivity contribution in [1.29, 1.82) is 0 Å². The van der Waals surface area contributed by atoms with Crippen LogP contribution in [0.15, 0.2) is 18.2 Å². The molecule has 23 heavy (non-hydrogen) atoms. The van der Waals surface area contributed by atoms with Crippen molar-refractivity contribution in [2.45, 2.75) is 59.5 Å². The number of hydrogen-bond donors (Lipinski definition) is 2. The molecular weight excluding hydrogens is 288 g/mol. The molecule has 4 nitrogen and oxygen atoms in total. The number of aromatic hydroxyl groups is 1. The summed E-state index contributed by atoms with van der Waals surface area (Å²) in [4.78, 5) is 14.0. The molecule has 1 rings (SSSR count). The van der Waals surface area contributed by atoms with E-state index in [2.05, 4.69) is 26.1 Å². The van der Waals surface area contributed by atoms with Gasteiger partial charge < -0.3 is 15.3 Å². The van der Waals surface area contributed by atoms with Crippen LogP contribution in [0, 0.1) is 5.41 Å². The highest BCUT2D eigenvalue weighted by atomic mass is 16.3. The van der Waals surface area contributed by atoms with E-state index in [1.165, 1.54) is 0 Å². The van der Waals surface area contributed by atoms with Gasteiger partial charge in [-0.1, -0.05) is 59.7 Å². The molecule has 0 spiro atoms. The smallest absolute Gasteiger partial charge is 0.239 e. The molecule has 0 saturated carbocycles. The van der Waals surface area contributed by atoms with Gasteiger partial charge in [-0.3, -0.25) is 4.79 Å². The lowest BCUT2D eigenvalue weighted by molar-refractivity contribution is -0.133. The number of rotatable bonds is 4. The van der Waals surface area contributed by atoms with E-state index in [4.69, 9.17) is 0 Å². The summed E-state index contributed by atoms with van der Waals surface area (Å²) >= 11 is 0. The second-order valence-corrected chi connectivity index (χ2v) is 8.48. The molecule has 0 bridgehead atoms. The second kappa shape index (κ2) is 6.91. The average Bonchev–Trinajstić information content (AvgIpc) is 2.37. The Labute approximate surface area is 140 Å². The minimum atomic E-state index is -0.310. The summed E-state index contributed by atoms with van der Waals surface area (Å²) in [6.45, 7) is 12.8. The quantitative estimate of drug-likeness (QED) is 0.895. The molecule has 0 saturated heterocycles. The van der Waals surface area contributed by atoms with Gasteiger partial charge in [-0.15, -0.1) is 0 Å². The lowest BCUT2D eigenvalue weighted by Gasteiger charge is -2.32. The first-order chi connectivity index (χ1) is 10.4. The molecule has 0 aromatic heterocycles. The Kier molecular flexibility index (Phi) is 5.86. The summed E-state index contributed by atoms with van der Waals surface area (Å²) < 4.78 is 0. The highest BCUT2D eigenvalue weighted by molar-refractivity contribution is 5.82. The lowest BCUT2D eigenvalue weighted by atomic mass is 9.84. The number of carbonyl (C=O) groups is 1. The van der Waals surface area contributed by atoms with Crippen molar-refractivity contribution >= 4 is 5.91 Å². The standard InChI is InChI=1S/C19H32N2O2/c1-18(2,3)14-11-9-10-13(15(14)22)12-20-16(19(4,5)6)17(23)21(7)8/h9-11,16,20,22H,12H2,1-8H3/t16-/m1/s1. The Balaban J connectivity index is 3.02. The molecule has 4 heteroatoms. The topological polar surface area (TPSA) is 52.6 Å². The number of carbonyl (C=O) groups excluding carboxylic acids is 1. The highest BCUT2D eigenvalue weighted by Gasteiger charge is 2.32. The van der Waals surface area contributed by atoms with Crippen LogP contribution in [-0.2, 0) is 16.8 Å². The minimum absolute atomic E-state index is 0.0453. The maximum Gasteiger partial charge on any atom is 0.239 e. The van der Waals surface area contributed by atoms with E-state index in [0.717, 1.165) is 11.1 Å². The van der Waals surface area contributed by atoms with Crippen LogP contribution in [0.5, 0.6) is 5.75 Å². The van der Waals surface area contributed by atoms with Crippen molar-refractivity contribution in [3.63, 3.8) is 0 Å². The van der Waals surface area contributed by atoms with Gasteiger partial charge in [0.25, 0.3) is 0 Å². The van der Waals surface area contributed by atoms with Crippen molar-refractivity contribution < 1.29 is 9.90 Å². The molecule has 1 amide bonds. The first kappa shape index (κ1) is 19.5. The van der Waals surface area contributed by atoms with E-state index in [0.29, 0.717) is 12.3 Å². The monoisotopic (exact) mass is 320 g/mol. The zero-order chi connectivity index (χ0) is 18.0. The molecule has 0 fully saturated rings. The molecule has 1 atom stereocenters. The van der Waals surface area contributed by atoms with Crippen LogP contribution in [0.4, 0.5) is 0 Å². The van der Waals surface area contributed by atoms with Crippen LogP contribution >= 0.6 is 0 Å².